The van der Waals surface area contributed by atoms with E-state index >= 15 is 0 Å². The summed E-state index contributed by atoms with van der Waals surface area (Å²) in [6, 6.07) is 9.75. The predicted molar refractivity (Wildman–Crippen MR) is 84.5 cm³/mol. The average molecular weight is 285 g/mol. The molecule has 0 aliphatic carbocycles. The summed E-state index contributed by atoms with van der Waals surface area (Å²) in [5.74, 6) is 1.66. The zero-order valence-electron chi connectivity index (χ0n) is 13.4. The maximum absolute atomic E-state index is 12.2. The van der Waals surface area contributed by atoms with Crippen LogP contribution < -0.4 is 5.32 Å². The number of furan rings is 1. The third kappa shape index (κ3) is 3.75. The van der Waals surface area contributed by atoms with Gasteiger partial charge in [-0.15, -0.1) is 0 Å². The summed E-state index contributed by atoms with van der Waals surface area (Å²) in [7, 11) is 0. The Morgan fingerprint density at radius 1 is 1.14 bits per heavy atom. The van der Waals surface area contributed by atoms with Gasteiger partial charge in [-0.25, -0.2) is 0 Å². The second-order valence-electron chi connectivity index (χ2n) is 6.45. The molecule has 1 aromatic carbocycles. The Bertz CT molecular complexity index is 630. The quantitative estimate of drug-likeness (QED) is 0.921. The molecule has 2 aromatic rings. The summed E-state index contributed by atoms with van der Waals surface area (Å²) in [6.07, 6.45) is 0. The zero-order valence-corrected chi connectivity index (χ0v) is 13.4. The van der Waals surface area contributed by atoms with Gasteiger partial charge in [0.15, 0.2) is 0 Å². The third-order valence-electron chi connectivity index (χ3n) is 3.60. The van der Waals surface area contributed by atoms with Gasteiger partial charge in [-0.1, -0.05) is 32.9 Å². The fourth-order valence-corrected chi connectivity index (χ4v) is 2.26. The molecule has 0 spiro atoms. The van der Waals surface area contributed by atoms with Gasteiger partial charge in [0.1, 0.15) is 11.5 Å². The van der Waals surface area contributed by atoms with Crippen LogP contribution in [0.3, 0.4) is 0 Å². The van der Waals surface area contributed by atoms with Crippen molar-refractivity contribution in [3.63, 3.8) is 0 Å². The summed E-state index contributed by atoms with van der Waals surface area (Å²) in [5.41, 5.74) is 3.02. The van der Waals surface area contributed by atoms with Crippen LogP contribution in [0, 0.1) is 13.8 Å². The number of carbonyl (C=O) groups excluding carboxylic acids is 1. The molecule has 21 heavy (non-hydrogen) atoms. The summed E-state index contributed by atoms with van der Waals surface area (Å²) in [4.78, 5) is 12.2. The van der Waals surface area contributed by atoms with Gasteiger partial charge in [-0.3, -0.25) is 4.79 Å². The van der Waals surface area contributed by atoms with E-state index in [2.05, 4.69) is 26.1 Å². The Morgan fingerprint density at radius 3 is 2.24 bits per heavy atom. The Morgan fingerprint density at radius 2 is 1.76 bits per heavy atom. The summed E-state index contributed by atoms with van der Waals surface area (Å²) in [6.45, 7) is 10.8. The summed E-state index contributed by atoms with van der Waals surface area (Å²) in [5, 5.41) is 2.93. The molecule has 0 aliphatic rings. The summed E-state index contributed by atoms with van der Waals surface area (Å²) < 4.78 is 5.45. The van der Waals surface area contributed by atoms with E-state index in [0.717, 1.165) is 17.1 Å². The molecule has 1 N–H and O–H groups in total. The molecule has 1 amide bonds. The lowest BCUT2D eigenvalue weighted by atomic mass is 9.87. The minimum absolute atomic E-state index is 0.0614. The predicted octanol–water partition coefficient (Wildman–Crippen LogP) is 4.12. The molecule has 112 valence electrons. The van der Waals surface area contributed by atoms with Gasteiger partial charge in [0.25, 0.3) is 5.91 Å². The smallest absolute Gasteiger partial charge is 0.251 e. The van der Waals surface area contributed by atoms with Gasteiger partial charge < -0.3 is 9.73 Å². The first-order chi connectivity index (χ1) is 9.77. The monoisotopic (exact) mass is 285 g/mol. The molecule has 3 nitrogen and oxygen atoms in total. The van der Waals surface area contributed by atoms with Crippen molar-refractivity contribution < 1.29 is 9.21 Å². The first-order valence-corrected chi connectivity index (χ1v) is 7.22. The normalized spacial score (nSPS) is 11.5. The molecule has 0 saturated carbocycles. The van der Waals surface area contributed by atoms with Crippen LogP contribution in [0.25, 0.3) is 0 Å². The first-order valence-electron chi connectivity index (χ1n) is 7.22. The van der Waals surface area contributed by atoms with Crippen LogP contribution in [0.1, 0.15) is 53.8 Å². The van der Waals surface area contributed by atoms with Crippen LogP contribution in [0.15, 0.2) is 34.7 Å². The minimum Gasteiger partial charge on any atom is -0.466 e. The van der Waals surface area contributed by atoms with E-state index in [1.165, 1.54) is 5.56 Å². The van der Waals surface area contributed by atoms with E-state index < -0.39 is 0 Å². The number of hydrogen-bond donors (Lipinski definition) is 1. The van der Waals surface area contributed by atoms with Gasteiger partial charge in [0.2, 0.25) is 0 Å². The number of carbonyl (C=O) groups is 1. The first kappa shape index (κ1) is 15.4. The fourth-order valence-electron chi connectivity index (χ4n) is 2.26. The fraction of sp³-hybridized carbons (Fsp3) is 0.389. The highest BCUT2D eigenvalue weighted by atomic mass is 16.3. The second-order valence-corrected chi connectivity index (χ2v) is 6.45. The van der Waals surface area contributed by atoms with Gasteiger partial charge in [-0.2, -0.15) is 0 Å². The Hall–Kier alpha value is -2.03. The molecule has 2 rings (SSSR count). The van der Waals surface area contributed by atoms with Crippen molar-refractivity contribution in [1.29, 1.82) is 0 Å². The van der Waals surface area contributed by atoms with Crippen molar-refractivity contribution in [2.45, 2.75) is 46.6 Å². The minimum atomic E-state index is -0.0614. The van der Waals surface area contributed by atoms with Gasteiger partial charge in [0, 0.05) is 17.7 Å². The van der Waals surface area contributed by atoms with E-state index in [1.54, 1.807) is 0 Å². The highest BCUT2D eigenvalue weighted by Crippen LogP contribution is 2.22. The van der Waals surface area contributed by atoms with E-state index in [4.69, 9.17) is 4.42 Å². The molecule has 1 aromatic heterocycles. The number of hydrogen-bond acceptors (Lipinski definition) is 2. The maximum atomic E-state index is 12.2. The molecule has 0 fully saturated rings. The highest BCUT2D eigenvalue weighted by molar-refractivity contribution is 5.94. The average Bonchev–Trinajstić information content (AvgIpc) is 2.73. The lowest BCUT2D eigenvalue weighted by Crippen LogP contribution is -2.23. The molecule has 0 aliphatic heterocycles. The number of benzene rings is 1. The van der Waals surface area contributed by atoms with Crippen LogP contribution in [0.4, 0.5) is 0 Å². The molecule has 1 heterocycles. The Kier molecular flexibility index (Phi) is 4.21. The van der Waals surface area contributed by atoms with Crippen molar-refractivity contribution >= 4 is 5.91 Å². The van der Waals surface area contributed by atoms with Gasteiger partial charge >= 0.3 is 0 Å². The van der Waals surface area contributed by atoms with E-state index in [1.807, 2.05) is 44.2 Å². The maximum Gasteiger partial charge on any atom is 0.251 e. The number of amides is 1. The molecule has 0 atom stereocenters. The van der Waals surface area contributed by atoms with Gasteiger partial charge in [0.05, 0.1) is 0 Å². The molecule has 0 saturated heterocycles. The molecule has 0 bridgehead atoms. The molecule has 0 unspecified atom stereocenters. The van der Waals surface area contributed by atoms with Crippen molar-refractivity contribution in [2.24, 2.45) is 0 Å². The van der Waals surface area contributed by atoms with Gasteiger partial charge in [-0.05, 0) is 43.0 Å². The van der Waals surface area contributed by atoms with Crippen molar-refractivity contribution in [2.75, 3.05) is 0 Å². The standard InChI is InChI=1S/C18H23NO2/c1-12-10-15(13(2)21-12)11-19-17(20)14-6-8-16(9-7-14)18(3,4)5/h6-10H,11H2,1-5H3,(H,19,20). The van der Waals surface area contributed by atoms with Crippen LogP contribution in [0.2, 0.25) is 0 Å². The van der Waals surface area contributed by atoms with Crippen LogP contribution >= 0.6 is 0 Å². The largest absolute Gasteiger partial charge is 0.466 e. The zero-order chi connectivity index (χ0) is 15.6. The van der Waals surface area contributed by atoms with E-state index in [9.17, 15) is 4.79 Å². The van der Waals surface area contributed by atoms with E-state index in [0.29, 0.717) is 12.1 Å². The van der Waals surface area contributed by atoms with Crippen molar-refractivity contribution in [1.82, 2.24) is 5.32 Å². The van der Waals surface area contributed by atoms with Crippen LogP contribution in [-0.4, -0.2) is 5.91 Å². The lowest BCUT2D eigenvalue weighted by Gasteiger charge is -2.19. The molecule has 0 radical (unpaired) electrons. The number of aryl methyl sites for hydroxylation is 2. The SMILES string of the molecule is Cc1cc(CNC(=O)c2ccc(C(C)(C)C)cc2)c(C)o1. The molecule has 3 heteroatoms. The van der Waals surface area contributed by atoms with E-state index in [-0.39, 0.29) is 11.3 Å². The topological polar surface area (TPSA) is 42.2 Å². The van der Waals surface area contributed by atoms with Crippen molar-refractivity contribution in [3.05, 3.63) is 58.5 Å². The lowest BCUT2D eigenvalue weighted by molar-refractivity contribution is 0.0951. The number of rotatable bonds is 3. The summed E-state index contributed by atoms with van der Waals surface area (Å²) >= 11 is 0. The second kappa shape index (κ2) is 5.76. The molecular formula is C18H23NO2. The highest BCUT2D eigenvalue weighted by Gasteiger charge is 2.14. The van der Waals surface area contributed by atoms with Crippen molar-refractivity contribution in [3.8, 4) is 0 Å². The third-order valence-corrected chi connectivity index (χ3v) is 3.60. The van der Waals surface area contributed by atoms with Crippen LogP contribution in [0.5, 0.6) is 0 Å². The van der Waals surface area contributed by atoms with Crippen LogP contribution in [-0.2, 0) is 12.0 Å². The Balaban J connectivity index is 2.02. The number of nitrogens with one attached hydrogen (secondary N) is 1. The molecular weight excluding hydrogens is 262 g/mol. The Labute approximate surface area is 126 Å².